The van der Waals surface area contributed by atoms with Crippen molar-refractivity contribution in [2.45, 2.75) is 19.4 Å². The average Bonchev–Trinajstić information content (AvgIpc) is 3.01. The Bertz CT molecular complexity index is 716. The van der Waals surface area contributed by atoms with E-state index in [-0.39, 0.29) is 6.04 Å². The summed E-state index contributed by atoms with van der Waals surface area (Å²) in [4.78, 5) is 1.14. The molecule has 2 aromatic heterocycles. The van der Waals surface area contributed by atoms with Crippen LogP contribution in [0.3, 0.4) is 0 Å². The lowest BCUT2D eigenvalue weighted by Gasteiger charge is -2.11. The summed E-state index contributed by atoms with van der Waals surface area (Å²) in [5, 5.41) is 3.17. The molecule has 2 heterocycles. The van der Waals surface area contributed by atoms with Crippen molar-refractivity contribution in [2.24, 2.45) is 5.73 Å². The molecule has 1 atom stereocenters. The van der Waals surface area contributed by atoms with Gasteiger partial charge in [0.05, 0.1) is 6.04 Å². The fourth-order valence-electron chi connectivity index (χ4n) is 2.38. The molecule has 0 saturated heterocycles. The second-order valence-electron chi connectivity index (χ2n) is 4.40. The van der Waals surface area contributed by atoms with Gasteiger partial charge in [0.2, 0.25) is 0 Å². The molecule has 0 bridgehead atoms. The van der Waals surface area contributed by atoms with Gasteiger partial charge in [-0.3, -0.25) is 0 Å². The van der Waals surface area contributed by atoms with Crippen LogP contribution in [0.2, 0.25) is 0 Å². The summed E-state index contributed by atoms with van der Waals surface area (Å²) in [6, 6.07) is 9.97. The Morgan fingerprint density at radius 2 is 2.11 bits per heavy atom. The van der Waals surface area contributed by atoms with Gasteiger partial charge >= 0.3 is 0 Å². The van der Waals surface area contributed by atoms with Crippen molar-refractivity contribution in [3.63, 3.8) is 0 Å². The third-order valence-corrected chi connectivity index (χ3v) is 5.22. The van der Waals surface area contributed by atoms with Gasteiger partial charge < -0.3 is 10.2 Å². The number of furan rings is 1. The van der Waals surface area contributed by atoms with Gasteiger partial charge in [0.15, 0.2) is 0 Å². The molecule has 1 aromatic carbocycles. The van der Waals surface area contributed by atoms with Gasteiger partial charge in [-0.1, -0.05) is 25.1 Å². The number of hydrogen-bond donors (Lipinski definition) is 1. The second-order valence-corrected chi connectivity index (χ2v) is 6.20. The molecule has 0 aliphatic carbocycles. The highest BCUT2D eigenvalue weighted by Crippen LogP contribution is 2.37. The molecule has 2 N–H and O–H groups in total. The van der Waals surface area contributed by atoms with Crippen LogP contribution >= 0.6 is 27.3 Å². The molecule has 0 saturated carbocycles. The second kappa shape index (κ2) is 5.12. The van der Waals surface area contributed by atoms with E-state index >= 15 is 0 Å². The van der Waals surface area contributed by atoms with Gasteiger partial charge in [-0.2, -0.15) is 0 Å². The van der Waals surface area contributed by atoms with Gasteiger partial charge in [0.1, 0.15) is 11.3 Å². The van der Waals surface area contributed by atoms with Crippen LogP contribution in [-0.4, -0.2) is 0 Å². The molecular weight excluding hydrogens is 322 g/mol. The smallest absolute Gasteiger partial charge is 0.134 e. The van der Waals surface area contributed by atoms with Crippen LogP contribution in [0.5, 0.6) is 0 Å². The fourth-order valence-corrected chi connectivity index (χ4v) is 4.01. The minimum absolute atomic E-state index is 0.145. The van der Waals surface area contributed by atoms with Crippen LogP contribution in [0.1, 0.15) is 29.2 Å². The van der Waals surface area contributed by atoms with Crippen LogP contribution in [-0.2, 0) is 6.42 Å². The predicted octanol–water partition coefficient (Wildman–Crippen LogP) is 4.87. The Balaban J connectivity index is 2.21. The largest absolute Gasteiger partial charge is 0.461 e. The zero-order valence-corrected chi connectivity index (χ0v) is 12.9. The van der Waals surface area contributed by atoms with Crippen molar-refractivity contribution in [2.75, 3.05) is 0 Å². The Hall–Kier alpha value is -1.10. The van der Waals surface area contributed by atoms with Crippen molar-refractivity contribution < 1.29 is 4.42 Å². The summed E-state index contributed by atoms with van der Waals surface area (Å²) >= 11 is 5.23. The lowest BCUT2D eigenvalue weighted by Crippen LogP contribution is -2.12. The highest BCUT2D eigenvalue weighted by Gasteiger charge is 2.22. The van der Waals surface area contributed by atoms with E-state index in [9.17, 15) is 0 Å². The zero-order valence-electron chi connectivity index (χ0n) is 10.5. The first-order valence-electron chi connectivity index (χ1n) is 6.21. The Morgan fingerprint density at radius 3 is 2.79 bits per heavy atom. The Morgan fingerprint density at radius 1 is 1.32 bits per heavy atom. The highest BCUT2D eigenvalue weighted by molar-refractivity contribution is 9.10. The molecule has 0 spiro atoms. The third-order valence-electron chi connectivity index (χ3n) is 3.27. The van der Waals surface area contributed by atoms with Crippen molar-refractivity contribution in [3.8, 4) is 0 Å². The normalized spacial score (nSPS) is 13.0. The number of hydrogen-bond acceptors (Lipinski definition) is 3. The van der Waals surface area contributed by atoms with Crippen LogP contribution < -0.4 is 5.73 Å². The maximum atomic E-state index is 6.47. The number of halogens is 1. The minimum atomic E-state index is -0.145. The highest BCUT2D eigenvalue weighted by atomic mass is 79.9. The monoisotopic (exact) mass is 335 g/mol. The molecule has 0 radical (unpaired) electrons. The Labute approximate surface area is 124 Å². The quantitative estimate of drug-likeness (QED) is 0.741. The number of fused-ring (bicyclic) bond motifs is 1. The summed E-state index contributed by atoms with van der Waals surface area (Å²) in [5.41, 5.74) is 8.50. The Kier molecular flexibility index (Phi) is 3.48. The molecule has 1 unspecified atom stereocenters. The van der Waals surface area contributed by atoms with Gasteiger partial charge in [-0.05, 0) is 33.4 Å². The number of rotatable bonds is 3. The summed E-state index contributed by atoms with van der Waals surface area (Å²) in [5.74, 6) is 0.981. The molecule has 98 valence electrons. The summed E-state index contributed by atoms with van der Waals surface area (Å²) in [7, 11) is 0. The SMILES string of the molecule is CCc1oc2ccccc2c1C(N)c1sccc1Br. The lowest BCUT2D eigenvalue weighted by atomic mass is 10.0. The minimum Gasteiger partial charge on any atom is -0.461 e. The number of aryl methyl sites for hydroxylation is 1. The first kappa shape index (κ1) is 12.9. The maximum absolute atomic E-state index is 6.47. The van der Waals surface area contributed by atoms with Crippen molar-refractivity contribution >= 4 is 38.2 Å². The summed E-state index contributed by atoms with van der Waals surface area (Å²) < 4.78 is 6.98. The van der Waals surface area contributed by atoms with Crippen molar-refractivity contribution in [1.82, 2.24) is 0 Å². The number of para-hydroxylation sites is 1. The summed E-state index contributed by atoms with van der Waals surface area (Å²) in [6.45, 7) is 2.09. The number of benzene rings is 1. The van der Waals surface area contributed by atoms with E-state index in [1.807, 2.05) is 29.6 Å². The predicted molar refractivity (Wildman–Crippen MR) is 83.6 cm³/mol. The molecule has 3 rings (SSSR count). The van der Waals surface area contributed by atoms with Crippen LogP contribution in [0, 0.1) is 0 Å². The van der Waals surface area contributed by atoms with Crippen molar-refractivity contribution in [3.05, 3.63) is 56.4 Å². The van der Waals surface area contributed by atoms with Crippen LogP contribution in [0.4, 0.5) is 0 Å². The molecule has 0 aliphatic rings. The van der Waals surface area contributed by atoms with E-state index in [2.05, 4.69) is 28.9 Å². The lowest BCUT2D eigenvalue weighted by molar-refractivity contribution is 0.547. The van der Waals surface area contributed by atoms with Crippen LogP contribution in [0.25, 0.3) is 11.0 Å². The molecule has 0 fully saturated rings. The number of nitrogens with two attached hydrogens (primary N) is 1. The molecular formula is C15H14BrNOS. The molecule has 4 heteroatoms. The first-order valence-corrected chi connectivity index (χ1v) is 7.88. The maximum Gasteiger partial charge on any atom is 0.134 e. The van der Waals surface area contributed by atoms with Gasteiger partial charge in [0, 0.05) is 26.7 Å². The van der Waals surface area contributed by atoms with Gasteiger partial charge in [-0.15, -0.1) is 11.3 Å². The van der Waals surface area contributed by atoms with E-state index in [0.717, 1.165) is 38.1 Å². The fraction of sp³-hybridized carbons (Fsp3) is 0.200. The van der Waals surface area contributed by atoms with E-state index in [1.54, 1.807) is 11.3 Å². The number of thiophene rings is 1. The van der Waals surface area contributed by atoms with E-state index in [0.29, 0.717) is 0 Å². The molecule has 0 aliphatic heterocycles. The van der Waals surface area contributed by atoms with Gasteiger partial charge in [0.25, 0.3) is 0 Å². The van der Waals surface area contributed by atoms with E-state index in [1.165, 1.54) is 0 Å². The van der Waals surface area contributed by atoms with Crippen molar-refractivity contribution in [1.29, 1.82) is 0 Å². The molecule has 2 nitrogen and oxygen atoms in total. The molecule has 3 aromatic rings. The van der Waals surface area contributed by atoms with E-state index < -0.39 is 0 Å². The van der Waals surface area contributed by atoms with Crippen LogP contribution in [0.15, 0.2) is 44.6 Å². The summed E-state index contributed by atoms with van der Waals surface area (Å²) in [6.07, 6.45) is 0.848. The first-order chi connectivity index (χ1) is 9.22. The third kappa shape index (κ3) is 2.14. The molecule has 19 heavy (non-hydrogen) atoms. The van der Waals surface area contributed by atoms with Gasteiger partial charge in [-0.25, -0.2) is 0 Å². The van der Waals surface area contributed by atoms with E-state index in [4.69, 9.17) is 10.2 Å². The standard InChI is InChI=1S/C15H14BrNOS/c1-2-11-13(9-5-3-4-6-12(9)18-11)14(17)15-10(16)7-8-19-15/h3-8,14H,2,17H2,1H3. The molecule has 0 amide bonds. The zero-order chi connectivity index (χ0) is 13.4. The average molecular weight is 336 g/mol. The topological polar surface area (TPSA) is 39.2 Å².